The van der Waals surface area contributed by atoms with Gasteiger partial charge >= 0.3 is 11.9 Å². The Labute approximate surface area is 208 Å². The van der Waals surface area contributed by atoms with E-state index >= 15 is 0 Å². The molecule has 4 aromatic rings. The fraction of sp³-hybridized carbons (Fsp3) is 0.172. The largest absolute Gasteiger partial charge is 0.478 e. The lowest BCUT2D eigenvalue weighted by Crippen LogP contribution is -2.04. The van der Waals surface area contributed by atoms with Gasteiger partial charge in [-0.1, -0.05) is 57.2 Å². The van der Waals surface area contributed by atoms with Crippen LogP contribution in [0.15, 0.2) is 72.8 Å². The molecule has 0 spiro atoms. The van der Waals surface area contributed by atoms with E-state index in [2.05, 4.69) is 26.0 Å². The van der Waals surface area contributed by atoms with Crippen LogP contribution in [0.25, 0.3) is 26.6 Å². The van der Waals surface area contributed by atoms with Crippen LogP contribution in [-0.4, -0.2) is 17.0 Å². The Kier molecular flexibility index (Phi) is 7.32. The summed E-state index contributed by atoms with van der Waals surface area (Å²) < 4.78 is 12.8. The topological polar surface area (TPSA) is 72.8 Å². The number of aliphatic carboxylic acids is 1. The van der Waals surface area contributed by atoms with Crippen LogP contribution in [0.1, 0.15) is 44.2 Å². The van der Waals surface area contributed by atoms with Gasteiger partial charge in [0.15, 0.2) is 5.75 Å². The Morgan fingerprint density at radius 1 is 1.00 bits per heavy atom. The Morgan fingerprint density at radius 3 is 2.40 bits per heavy atom. The predicted octanol–water partition coefficient (Wildman–Crippen LogP) is 7.90. The SMILES string of the molecule is CCC(=O)Oc1ccc2c(Oc3ccc(/C=C/C(=O)O)cc3)c(-c3ccccc3C(C)C)sc2c1. The van der Waals surface area contributed by atoms with Gasteiger partial charge in [0, 0.05) is 22.6 Å². The minimum absolute atomic E-state index is 0.278. The molecule has 5 nitrogen and oxygen atoms in total. The molecule has 1 N–H and O–H groups in total. The standard InChI is InChI=1S/C29H26O5S/c1-4-27(32)33-21-14-15-24-25(17-21)35-29(23-8-6-5-7-22(23)18(2)3)28(24)34-20-12-9-19(10-13-20)11-16-26(30)31/h5-18H,4H2,1-3H3,(H,30,31)/b16-11+. The van der Waals surface area contributed by atoms with Crippen molar-refractivity contribution in [3.05, 3.63) is 83.9 Å². The van der Waals surface area contributed by atoms with E-state index in [1.165, 1.54) is 11.6 Å². The zero-order valence-electron chi connectivity index (χ0n) is 19.8. The predicted molar refractivity (Wildman–Crippen MR) is 140 cm³/mol. The normalized spacial score (nSPS) is 11.3. The van der Waals surface area contributed by atoms with Gasteiger partial charge in [0.2, 0.25) is 0 Å². The summed E-state index contributed by atoms with van der Waals surface area (Å²) in [6.45, 7) is 6.10. The average molecular weight is 487 g/mol. The van der Waals surface area contributed by atoms with Crippen molar-refractivity contribution < 1.29 is 24.2 Å². The lowest BCUT2D eigenvalue weighted by molar-refractivity contribution is -0.134. The van der Waals surface area contributed by atoms with Gasteiger partial charge in [-0.15, -0.1) is 11.3 Å². The van der Waals surface area contributed by atoms with Crippen LogP contribution >= 0.6 is 11.3 Å². The van der Waals surface area contributed by atoms with Crippen LogP contribution in [0.4, 0.5) is 0 Å². The summed E-state index contributed by atoms with van der Waals surface area (Å²) in [5, 5.41) is 9.77. The van der Waals surface area contributed by atoms with E-state index in [0.29, 0.717) is 23.8 Å². The molecule has 0 saturated heterocycles. The minimum atomic E-state index is -0.993. The van der Waals surface area contributed by atoms with E-state index in [9.17, 15) is 9.59 Å². The second-order valence-electron chi connectivity index (χ2n) is 8.33. The number of fused-ring (bicyclic) bond motifs is 1. The molecule has 1 heterocycles. The monoisotopic (exact) mass is 486 g/mol. The highest BCUT2D eigenvalue weighted by Gasteiger charge is 2.20. The summed E-state index contributed by atoms with van der Waals surface area (Å²) >= 11 is 1.60. The van der Waals surface area contributed by atoms with Gasteiger partial charge in [-0.05, 0) is 59.0 Å². The molecule has 178 valence electrons. The molecule has 0 fully saturated rings. The quantitative estimate of drug-likeness (QED) is 0.156. The molecule has 0 atom stereocenters. The van der Waals surface area contributed by atoms with Crippen molar-refractivity contribution in [3.8, 4) is 27.7 Å². The third kappa shape index (κ3) is 5.61. The number of thiophene rings is 1. The summed E-state index contributed by atoms with van der Waals surface area (Å²) in [6.07, 6.45) is 2.95. The molecule has 0 radical (unpaired) electrons. The molecular formula is C29H26O5S. The average Bonchev–Trinajstić information content (AvgIpc) is 3.20. The molecule has 1 aromatic heterocycles. The number of hydrogen-bond acceptors (Lipinski definition) is 5. The highest BCUT2D eigenvalue weighted by Crippen LogP contribution is 2.48. The number of carboxylic acid groups (broad SMARTS) is 1. The van der Waals surface area contributed by atoms with Crippen molar-refractivity contribution in [1.29, 1.82) is 0 Å². The smallest absolute Gasteiger partial charge is 0.328 e. The summed E-state index contributed by atoms with van der Waals surface area (Å²) in [4.78, 5) is 23.6. The number of carbonyl (C=O) groups excluding carboxylic acids is 1. The van der Waals surface area contributed by atoms with Crippen LogP contribution in [0.2, 0.25) is 0 Å². The highest BCUT2D eigenvalue weighted by molar-refractivity contribution is 7.22. The van der Waals surface area contributed by atoms with Gasteiger partial charge in [0.05, 0.1) is 4.88 Å². The van der Waals surface area contributed by atoms with Gasteiger partial charge in [0.25, 0.3) is 0 Å². The van der Waals surface area contributed by atoms with Gasteiger partial charge in [-0.2, -0.15) is 0 Å². The van der Waals surface area contributed by atoms with Crippen LogP contribution < -0.4 is 9.47 Å². The molecule has 0 aliphatic carbocycles. The second-order valence-corrected chi connectivity index (χ2v) is 9.38. The minimum Gasteiger partial charge on any atom is -0.478 e. The number of esters is 1. The zero-order valence-corrected chi connectivity index (χ0v) is 20.6. The fourth-order valence-corrected chi connectivity index (χ4v) is 4.94. The van der Waals surface area contributed by atoms with Crippen molar-refractivity contribution in [1.82, 2.24) is 0 Å². The van der Waals surface area contributed by atoms with Gasteiger partial charge < -0.3 is 14.6 Å². The molecule has 0 bridgehead atoms. The number of rotatable bonds is 8. The Morgan fingerprint density at radius 2 is 1.71 bits per heavy atom. The number of benzene rings is 3. The van der Waals surface area contributed by atoms with Crippen LogP contribution in [0, 0.1) is 0 Å². The molecule has 0 saturated carbocycles. The summed E-state index contributed by atoms with van der Waals surface area (Å²) in [5.74, 6) is 0.940. The summed E-state index contributed by atoms with van der Waals surface area (Å²) in [5.41, 5.74) is 3.09. The fourth-order valence-electron chi connectivity index (χ4n) is 3.74. The molecule has 3 aromatic carbocycles. The number of carboxylic acids is 1. The van der Waals surface area contributed by atoms with Crippen LogP contribution in [0.3, 0.4) is 0 Å². The lowest BCUT2D eigenvalue weighted by Gasteiger charge is -2.14. The maximum Gasteiger partial charge on any atom is 0.328 e. The van der Waals surface area contributed by atoms with E-state index in [0.717, 1.165) is 37.9 Å². The third-order valence-corrected chi connectivity index (χ3v) is 6.65. The molecule has 4 rings (SSSR count). The molecule has 0 aliphatic rings. The van der Waals surface area contributed by atoms with Gasteiger partial charge in [0.1, 0.15) is 11.5 Å². The molecule has 35 heavy (non-hydrogen) atoms. The Bertz CT molecular complexity index is 1400. The van der Waals surface area contributed by atoms with Gasteiger partial charge in [-0.3, -0.25) is 4.79 Å². The first-order valence-corrected chi connectivity index (χ1v) is 12.2. The molecular weight excluding hydrogens is 460 g/mol. The number of ether oxygens (including phenoxy) is 2. The first-order valence-electron chi connectivity index (χ1n) is 11.4. The Balaban J connectivity index is 1.80. The molecule has 0 aliphatic heterocycles. The van der Waals surface area contributed by atoms with Crippen LogP contribution in [-0.2, 0) is 9.59 Å². The van der Waals surface area contributed by atoms with Crippen molar-refractivity contribution in [3.63, 3.8) is 0 Å². The van der Waals surface area contributed by atoms with E-state index in [1.807, 2.05) is 48.5 Å². The first-order chi connectivity index (χ1) is 16.9. The molecule has 6 heteroatoms. The van der Waals surface area contributed by atoms with Crippen LogP contribution in [0.5, 0.6) is 17.2 Å². The van der Waals surface area contributed by atoms with Crippen molar-refractivity contribution >= 4 is 39.4 Å². The first kappa shape index (κ1) is 24.2. The third-order valence-electron chi connectivity index (χ3n) is 5.48. The van der Waals surface area contributed by atoms with Crippen molar-refractivity contribution in [2.45, 2.75) is 33.1 Å². The van der Waals surface area contributed by atoms with E-state index in [-0.39, 0.29) is 5.97 Å². The maximum absolute atomic E-state index is 11.8. The molecule has 0 unspecified atom stereocenters. The van der Waals surface area contributed by atoms with E-state index in [4.69, 9.17) is 14.6 Å². The summed E-state index contributed by atoms with van der Waals surface area (Å²) in [7, 11) is 0. The second kappa shape index (κ2) is 10.6. The van der Waals surface area contributed by atoms with Crippen molar-refractivity contribution in [2.24, 2.45) is 0 Å². The Hall–Kier alpha value is -3.90. The highest BCUT2D eigenvalue weighted by atomic mass is 32.1. The number of carbonyl (C=O) groups is 2. The lowest BCUT2D eigenvalue weighted by atomic mass is 9.96. The van der Waals surface area contributed by atoms with Gasteiger partial charge in [-0.25, -0.2) is 4.79 Å². The zero-order chi connectivity index (χ0) is 24.9. The van der Waals surface area contributed by atoms with Crippen molar-refractivity contribution in [2.75, 3.05) is 0 Å². The summed E-state index contributed by atoms with van der Waals surface area (Å²) in [6, 6.07) is 21.1. The van der Waals surface area contributed by atoms with E-state index < -0.39 is 5.97 Å². The van der Waals surface area contributed by atoms with E-state index in [1.54, 1.807) is 24.3 Å². The maximum atomic E-state index is 11.8. The molecule has 0 amide bonds. The number of hydrogen-bond donors (Lipinski definition) is 1.